The molecule has 0 spiro atoms. The Hall–Kier alpha value is -2.98. The first kappa shape index (κ1) is 26.6. The zero-order valence-corrected chi connectivity index (χ0v) is 20.3. The largest absolute Gasteiger partial charge is 0.484 e. The van der Waals surface area contributed by atoms with Crippen LogP contribution in [0.2, 0.25) is 5.02 Å². The minimum absolute atomic E-state index is 0.0351. The zero-order valence-electron chi connectivity index (χ0n) is 19.6. The molecule has 11 heteroatoms. The second kappa shape index (κ2) is 12.6. The van der Waals surface area contributed by atoms with Crippen molar-refractivity contribution in [1.29, 1.82) is 0 Å². The lowest BCUT2D eigenvalue weighted by Gasteiger charge is -2.42. The Balaban J connectivity index is 1.50. The molecular formula is C24H30ClFN4O5. The van der Waals surface area contributed by atoms with E-state index < -0.39 is 23.4 Å². The summed E-state index contributed by atoms with van der Waals surface area (Å²) in [4.78, 5) is 24.9. The van der Waals surface area contributed by atoms with Gasteiger partial charge in [-0.25, -0.2) is 4.39 Å². The van der Waals surface area contributed by atoms with E-state index in [2.05, 4.69) is 20.8 Å². The molecule has 1 heterocycles. The number of aliphatic hydroxyl groups excluding tert-OH is 1. The molecular weight excluding hydrogens is 479 g/mol. The SMILES string of the molecule is COc1ccc(CNC(=O)CCC(O)C2(NC(=O)COc3ccc(Cl)c(F)c3)CCCCC2)nn1. The highest BCUT2D eigenvalue weighted by Gasteiger charge is 2.40. The summed E-state index contributed by atoms with van der Waals surface area (Å²) in [5, 5.41) is 24.4. The highest BCUT2D eigenvalue weighted by atomic mass is 35.5. The molecule has 35 heavy (non-hydrogen) atoms. The molecule has 9 nitrogen and oxygen atoms in total. The lowest BCUT2D eigenvalue weighted by atomic mass is 9.76. The number of halogens is 2. The molecule has 1 aliphatic carbocycles. The zero-order chi connectivity index (χ0) is 25.3. The van der Waals surface area contributed by atoms with Crippen LogP contribution in [0, 0.1) is 5.82 Å². The highest BCUT2D eigenvalue weighted by Crippen LogP contribution is 2.33. The van der Waals surface area contributed by atoms with E-state index >= 15 is 0 Å². The van der Waals surface area contributed by atoms with E-state index in [4.69, 9.17) is 21.1 Å². The molecule has 0 radical (unpaired) electrons. The van der Waals surface area contributed by atoms with Crippen LogP contribution in [-0.4, -0.2) is 52.5 Å². The third-order valence-corrected chi connectivity index (χ3v) is 6.36. The van der Waals surface area contributed by atoms with E-state index in [0.717, 1.165) is 25.3 Å². The molecule has 2 aromatic rings. The number of carbonyl (C=O) groups is 2. The van der Waals surface area contributed by atoms with Crippen LogP contribution in [0.3, 0.4) is 0 Å². The number of nitrogens with zero attached hydrogens (tertiary/aromatic N) is 2. The van der Waals surface area contributed by atoms with Gasteiger partial charge in [-0.1, -0.05) is 30.9 Å². The Morgan fingerprint density at radius 2 is 1.94 bits per heavy atom. The highest BCUT2D eigenvalue weighted by molar-refractivity contribution is 6.30. The molecule has 1 aliphatic rings. The lowest BCUT2D eigenvalue weighted by molar-refractivity contribution is -0.128. The number of methoxy groups -OCH3 is 1. The third kappa shape index (κ3) is 7.76. The van der Waals surface area contributed by atoms with Crippen molar-refractivity contribution in [3.8, 4) is 11.6 Å². The molecule has 3 rings (SSSR count). The predicted octanol–water partition coefficient (Wildman–Crippen LogP) is 2.93. The van der Waals surface area contributed by atoms with Gasteiger partial charge in [-0.05, 0) is 37.5 Å². The fourth-order valence-corrected chi connectivity index (χ4v) is 4.24. The topological polar surface area (TPSA) is 123 Å². The summed E-state index contributed by atoms with van der Waals surface area (Å²) < 4.78 is 23.9. The van der Waals surface area contributed by atoms with Crippen molar-refractivity contribution in [2.45, 2.75) is 63.1 Å². The maximum absolute atomic E-state index is 13.6. The Morgan fingerprint density at radius 1 is 1.17 bits per heavy atom. The van der Waals surface area contributed by atoms with Crippen molar-refractivity contribution in [1.82, 2.24) is 20.8 Å². The number of aromatic nitrogens is 2. The standard InChI is InChI=1S/C24H30ClFN4O5/c1-34-23-10-5-16(29-30-23)14-27-21(32)9-8-20(31)24(11-3-2-4-12-24)28-22(33)15-35-17-6-7-18(25)19(26)13-17/h5-7,10,13,20,31H,2-4,8-9,11-12,14-15H2,1H3,(H,27,32)(H,28,33). The summed E-state index contributed by atoms with van der Waals surface area (Å²) >= 11 is 5.66. The number of amides is 2. The Kier molecular flexibility index (Phi) is 9.62. The van der Waals surface area contributed by atoms with Gasteiger partial charge in [0.1, 0.15) is 11.6 Å². The number of hydrogen-bond acceptors (Lipinski definition) is 7. The van der Waals surface area contributed by atoms with Gasteiger partial charge in [0.15, 0.2) is 6.61 Å². The number of aliphatic hydroxyl groups is 1. The predicted molar refractivity (Wildman–Crippen MR) is 127 cm³/mol. The van der Waals surface area contributed by atoms with E-state index in [1.165, 1.54) is 19.2 Å². The second-order valence-corrected chi connectivity index (χ2v) is 8.94. The van der Waals surface area contributed by atoms with E-state index in [0.29, 0.717) is 24.4 Å². The van der Waals surface area contributed by atoms with Gasteiger partial charge in [-0.2, -0.15) is 5.10 Å². The molecule has 190 valence electrons. The second-order valence-electron chi connectivity index (χ2n) is 8.53. The van der Waals surface area contributed by atoms with Crippen LogP contribution in [0.4, 0.5) is 4.39 Å². The third-order valence-electron chi connectivity index (χ3n) is 6.05. The van der Waals surface area contributed by atoms with E-state index in [-0.39, 0.29) is 42.7 Å². The molecule has 1 aromatic carbocycles. The minimum Gasteiger partial charge on any atom is -0.484 e. The van der Waals surface area contributed by atoms with E-state index in [1.54, 1.807) is 12.1 Å². The molecule has 1 aromatic heterocycles. The number of rotatable bonds is 11. The fraction of sp³-hybridized carbons (Fsp3) is 0.500. The fourth-order valence-electron chi connectivity index (χ4n) is 4.13. The number of ether oxygens (including phenoxy) is 2. The summed E-state index contributed by atoms with van der Waals surface area (Å²) in [6.07, 6.45) is 3.26. The van der Waals surface area contributed by atoms with Gasteiger partial charge in [-0.3, -0.25) is 9.59 Å². The Morgan fingerprint density at radius 3 is 2.60 bits per heavy atom. The smallest absolute Gasteiger partial charge is 0.258 e. The van der Waals surface area contributed by atoms with Crippen LogP contribution in [0.15, 0.2) is 30.3 Å². The Labute approximate surface area is 208 Å². The van der Waals surface area contributed by atoms with Crippen molar-refractivity contribution in [3.05, 3.63) is 46.9 Å². The average Bonchev–Trinajstić information content (AvgIpc) is 2.87. The van der Waals surface area contributed by atoms with Crippen LogP contribution in [0.5, 0.6) is 11.6 Å². The normalized spacial score (nSPS) is 15.7. The van der Waals surface area contributed by atoms with Crippen LogP contribution < -0.4 is 20.1 Å². The van der Waals surface area contributed by atoms with Crippen molar-refractivity contribution < 1.29 is 28.6 Å². The molecule has 0 saturated heterocycles. The van der Waals surface area contributed by atoms with Crippen molar-refractivity contribution in [2.24, 2.45) is 0 Å². The van der Waals surface area contributed by atoms with Crippen LogP contribution in [0.1, 0.15) is 50.6 Å². The number of nitrogens with one attached hydrogen (secondary N) is 2. The minimum atomic E-state index is -0.911. The van der Waals surface area contributed by atoms with Gasteiger partial charge in [0.05, 0.1) is 36.0 Å². The molecule has 0 bridgehead atoms. The van der Waals surface area contributed by atoms with Crippen LogP contribution in [-0.2, 0) is 16.1 Å². The molecule has 3 N–H and O–H groups in total. The first-order chi connectivity index (χ1) is 16.8. The van der Waals surface area contributed by atoms with Crippen molar-refractivity contribution >= 4 is 23.4 Å². The van der Waals surface area contributed by atoms with Gasteiger partial charge in [0.2, 0.25) is 11.8 Å². The summed E-state index contributed by atoms with van der Waals surface area (Å²) in [6.45, 7) is -0.130. The van der Waals surface area contributed by atoms with Crippen molar-refractivity contribution in [3.63, 3.8) is 0 Å². The van der Waals surface area contributed by atoms with Gasteiger partial charge < -0.3 is 25.2 Å². The quantitative estimate of drug-likeness (QED) is 0.426. The average molecular weight is 509 g/mol. The number of benzene rings is 1. The van der Waals surface area contributed by atoms with Crippen LogP contribution >= 0.6 is 11.6 Å². The maximum Gasteiger partial charge on any atom is 0.258 e. The van der Waals surface area contributed by atoms with Gasteiger partial charge in [-0.15, -0.1) is 5.10 Å². The summed E-state index contributed by atoms with van der Waals surface area (Å²) in [6, 6.07) is 7.29. The van der Waals surface area contributed by atoms with Crippen molar-refractivity contribution in [2.75, 3.05) is 13.7 Å². The Bertz CT molecular complexity index is 1000. The van der Waals surface area contributed by atoms with Gasteiger partial charge in [0.25, 0.3) is 5.91 Å². The molecule has 1 unspecified atom stereocenters. The molecule has 0 aliphatic heterocycles. The van der Waals surface area contributed by atoms with E-state index in [1.807, 2.05) is 0 Å². The first-order valence-corrected chi connectivity index (χ1v) is 11.9. The molecule has 2 amide bonds. The first-order valence-electron chi connectivity index (χ1n) is 11.5. The summed E-state index contributed by atoms with van der Waals surface area (Å²) in [5.41, 5.74) is -0.262. The number of carbonyl (C=O) groups excluding carboxylic acids is 2. The monoisotopic (exact) mass is 508 g/mol. The molecule has 1 atom stereocenters. The molecule has 1 fully saturated rings. The van der Waals surface area contributed by atoms with E-state index in [9.17, 15) is 19.1 Å². The lowest BCUT2D eigenvalue weighted by Crippen LogP contribution is -2.58. The molecule has 1 saturated carbocycles. The summed E-state index contributed by atoms with van der Waals surface area (Å²) in [5.74, 6) is -0.746. The van der Waals surface area contributed by atoms with Crippen LogP contribution in [0.25, 0.3) is 0 Å². The van der Waals surface area contributed by atoms with Gasteiger partial charge in [0, 0.05) is 18.6 Å². The number of hydrogen-bond donors (Lipinski definition) is 3. The maximum atomic E-state index is 13.6. The van der Waals surface area contributed by atoms with Gasteiger partial charge >= 0.3 is 0 Å². The summed E-state index contributed by atoms with van der Waals surface area (Å²) in [7, 11) is 1.49.